The Kier molecular flexibility index (Phi) is 4.60. The van der Waals surface area contributed by atoms with Crippen molar-refractivity contribution in [3.8, 4) is 0 Å². The molecule has 23 heavy (non-hydrogen) atoms. The zero-order chi connectivity index (χ0) is 16.2. The summed E-state index contributed by atoms with van der Waals surface area (Å²) in [6, 6.07) is 7.09. The molecular weight excluding hydrogens is 292 g/mol. The first kappa shape index (κ1) is 15.5. The molecule has 3 heterocycles. The molecule has 1 aliphatic rings. The molecule has 2 aromatic heterocycles. The van der Waals surface area contributed by atoms with E-state index in [4.69, 9.17) is 0 Å². The van der Waals surface area contributed by atoms with E-state index < -0.39 is 0 Å². The van der Waals surface area contributed by atoms with Crippen molar-refractivity contribution >= 4 is 5.91 Å². The van der Waals surface area contributed by atoms with Crippen molar-refractivity contribution in [3.05, 3.63) is 52.2 Å². The number of hydrogen-bond acceptors (Lipinski definition) is 3. The number of nitrogens with one attached hydrogen (secondary N) is 1. The fraction of sp³-hybridized carbons (Fsp3) is 0.471. The van der Waals surface area contributed by atoms with Gasteiger partial charge in [-0.25, -0.2) is 0 Å². The Morgan fingerprint density at radius 3 is 3.04 bits per heavy atom. The van der Waals surface area contributed by atoms with E-state index >= 15 is 0 Å². The van der Waals surface area contributed by atoms with Crippen molar-refractivity contribution in [2.45, 2.75) is 38.6 Å². The van der Waals surface area contributed by atoms with E-state index in [1.807, 2.05) is 17.9 Å². The number of hydrogen-bond donors (Lipinski definition) is 1. The highest BCUT2D eigenvalue weighted by Crippen LogP contribution is 2.26. The molecular formula is C17H22N4O2. The molecule has 0 aliphatic carbocycles. The average Bonchev–Trinajstić information content (AvgIpc) is 3.00. The fourth-order valence-corrected chi connectivity index (χ4v) is 3.11. The summed E-state index contributed by atoms with van der Waals surface area (Å²) in [5.41, 5.74) is 2.02. The Morgan fingerprint density at radius 2 is 2.30 bits per heavy atom. The van der Waals surface area contributed by atoms with Crippen LogP contribution in [-0.4, -0.2) is 38.7 Å². The highest BCUT2D eigenvalue weighted by atomic mass is 16.2. The van der Waals surface area contributed by atoms with Crippen molar-refractivity contribution in [1.29, 1.82) is 0 Å². The zero-order valence-electron chi connectivity index (χ0n) is 13.4. The summed E-state index contributed by atoms with van der Waals surface area (Å²) in [5.74, 6) is 0.412. The van der Waals surface area contributed by atoms with E-state index in [1.54, 1.807) is 16.8 Å². The summed E-state index contributed by atoms with van der Waals surface area (Å²) in [4.78, 5) is 26.0. The Labute approximate surface area is 135 Å². The number of carbonyl (C=O) groups excluding carboxylic acids is 1. The Morgan fingerprint density at radius 1 is 1.43 bits per heavy atom. The van der Waals surface area contributed by atoms with Crippen LogP contribution >= 0.6 is 0 Å². The van der Waals surface area contributed by atoms with Gasteiger partial charge >= 0.3 is 0 Å². The van der Waals surface area contributed by atoms with Crippen molar-refractivity contribution in [1.82, 2.24) is 19.7 Å². The maximum Gasteiger partial charge on any atom is 0.250 e. The first-order valence-electron chi connectivity index (χ1n) is 8.08. The highest BCUT2D eigenvalue weighted by Gasteiger charge is 2.25. The molecule has 3 rings (SSSR count). The zero-order valence-corrected chi connectivity index (χ0v) is 13.4. The molecule has 6 nitrogen and oxygen atoms in total. The molecule has 0 saturated carbocycles. The van der Waals surface area contributed by atoms with Crippen LogP contribution in [0.3, 0.4) is 0 Å². The van der Waals surface area contributed by atoms with Gasteiger partial charge in [0.25, 0.3) is 5.56 Å². The maximum absolute atomic E-state index is 12.4. The van der Waals surface area contributed by atoms with E-state index in [0.717, 1.165) is 30.8 Å². The number of aromatic amines is 1. The van der Waals surface area contributed by atoms with Crippen molar-refractivity contribution in [2.75, 3.05) is 13.1 Å². The molecule has 1 aliphatic heterocycles. The summed E-state index contributed by atoms with van der Waals surface area (Å²) in [7, 11) is 0. The molecule has 0 unspecified atom stereocenters. The molecule has 0 spiro atoms. The van der Waals surface area contributed by atoms with Gasteiger partial charge in [0.05, 0.1) is 5.69 Å². The minimum Gasteiger partial charge on any atom is -0.342 e. The topological polar surface area (TPSA) is 71.0 Å². The van der Waals surface area contributed by atoms with Crippen LogP contribution in [0, 0.1) is 6.92 Å². The van der Waals surface area contributed by atoms with Gasteiger partial charge in [-0.05, 0) is 31.9 Å². The summed E-state index contributed by atoms with van der Waals surface area (Å²) < 4.78 is 1.58. The molecule has 0 aromatic carbocycles. The largest absolute Gasteiger partial charge is 0.342 e. The molecule has 1 saturated heterocycles. The molecule has 2 aromatic rings. The van der Waals surface area contributed by atoms with Crippen LogP contribution in [0.15, 0.2) is 35.3 Å². The van der Waals surface area contributed by atoms with Gasteiger partial charge in [-0.1, -0.05) is 6.07 Å². The number of likely N-dealkylation sites (tertiary alicyclic amines) is 1. The van der Waals surface area contributed by atoms with Gasteiger partial charge in [-0.3, -0.25) is 14.7 Å². The van der Waals surface area contributed by atoms with Crippen LogP contribution in [0.4, 0.5) is 0 Å². The minimum atomic E-state index is -0.0659. The first-order chi connectivity index (χ1) is 11.1. The van der Waals surface area contributed by atoms with Crippen LogP contribution in [0.25, 0.3) is 0 Å². The fourth-order valence-electron chi connectivity index (χ4n) is 3.11. The second-order valence-corrected chi connectivity index (χ2v) is 6.14. The van der Waals surface area contributed by atoms with Gasteiger partial charge in [-0.15, -0.1) is 0 Å². The second-order valence-electron chi connectivity index (χ2n) is 6.14. The number of H-pyrrole nitrogens is 1. The smallest absolute Gasteiger partial charge is 0.250 e. The summed E-state index contributed by atoms with van der Waals surface area (Å²) in [6.07, 6.45) is 4.14. The molecule has 1 N–H and O–H groups in total. The molecule has 6 heteroatoms. The lowest BCUT2D eigenvalue weighted by Gasteiger charge is -2.32. The number of aromatic nitrogens is 3. The summed E-state index contributed by atoms with van der Waals surface area (Å²) >= 11 is 0. The van der Waals surface area contributed by atoms with E-state index in [0.29, 0.717) is 25.4 Å². The average molecular weight is 314 g/mol. The highest BCUT2D eigenvalue weighted by molar-refractivity contribution is 5.76. The van der Waals surface area contributed by atoms with Gasteiger partial charge in [0.15, 0.2) is 0 Å². The lowest BCUT2D eigenvalue weighted by molar-refractivity contribution is -0.132. The standard InChI is InChI=1S/C17H22N4O2/c1-13-11-15(19-18-13)14-5-4-9-21(12-14)17(23)7-10-20-8-3-2-6-16(20)22/h2-3,6,8,11,14H,4-5,7,9-10,12H2,1H3,(H,18,19)/t14-/m1/s1. The number of piperidine rings is 1. The van der Waals surface area contributed by atoms with Crippen LogP contribution in [-0.2, 0) is 11.3 Å². The van der Waals surface area contributed by atoms with Crippen LogP contribution in [0.5, 0.6) is 0 Å². The van der Waals surface area contributed by atoms with E-state index in [2.05, 4.69) is 16.3 Å². The third-order valence-corrected chi connectivity index (χ3v) is 4.38. The number of carbonyl (C=O) groups is 1. The van der Waals surface area contributed by atoms with E-state index in [-0.39, 0.29) is 11.5 Å². The molecule has 1 atom stereocenters. The molecule has 0 radical (unpaired) electrons. The number of rotatable bonds is 4. The summed E-state index contributed by atoms with van der Waals surface area (Å²) in [5, 5.41) is 7.30. The molecule has 1 amide bonds. The van der Waals surface area contributed by atoms with Gasteiger partial charge in [0.2, 0.25) is 5.91 Å². The Balaban J connectivity index is 1.59. The van der Waals surface area contributed by atoms with Gasteiger partial charge in [0.1, 0.15) is 0 Å². The molecule has 0 bridgehead atoms. The third-order valence-electron chi connectivity index (χ3n) is 4.38. The van der Waals surface area contributed by atoms with Gasteiger partial charge in [-0.2, -0.15) is 5.10 Å². The maximum atomic E-state index is 12.4. The van der Waals surface area contributed by atoms with Crippen LogP contribution in [0.2, 0.25) is 0 Å². The SMILES string of the molecule is Cc1cc([C@@H]2CCCN(C(=O)CCn3ccccc3=O)C2)n[nH]1. The monoisotopic (exact) mass is 314 g/mol. The normalized spacial score (nSPS) is 18.1. The Hall–Kier alpha value is -2.37. The first-order valence-corrected chi connectivity index (χ1v) is 8.08. The number of aryl methyl sites for hydroxylation is 2. The predicted octanol–water partition coefficient (Wildman–Crippen LogP) is 1.68. The molecule has 122 valence electrons. The minimum absolute atomic E-state index is 0.0659. The quantitative estimate of drug-likeness (QED) is 0.933. The van der Waals surface area contributed by atoms with Crippen molar-refractivity contribution < 1.29 is 4.79 Å². The third kappa shape index (κ3) is 3.70. The lowest BCUT2D eigenvalue weighted by Crippen LogP contribution is -2.39. The van der Waals surface area contributed by atoms with Gasteiger partial charge < -0.3 is 9.47 Å². The number of nitrogens with zero attached hydrogens (tertiary/aromatic N) is 3. The van der Waals surface area contributed by atoms with Crippen molar-refractivity contribution in [2.24, 2.45) is 0 Å². The predicted molar refractivity (Wildman–Crippen MR) is 87.2 cm³/mol. The van der Waals surface area contributed by atoms with E-state index in [9.17, 15) is 9.59 Å². The summed E-state index contributed by atoms with van der Waals surface area (Å²) in [6.45, 7) is 3.93. The number of amides is 1. The molecule has 1 fully saturated rings. The lowest BCUT2D eigenvalue weighted by atomic mass is 9.94. The second kappa shape index (κ2) is 6.81. The van der Waals surface area contributed by atoms with Crippen molar-refractivity contribution in [3.63, 3.8) is 0 Å². The van der Waals surface area contributed by atoms with E-state index in [1.165, 1.54) is 6.07 Å². The van der Waals surface area contributed by atoms with Gasteiger partial charge in [0, 0.05) is 49.9 Å². The Bertz CT molecular complexity index is 734. The van der Waals surface area contributed by atoms with Crippen LogP contribution in [0.1, 0.15) is 36.6 Å². The number of pyridine rings is 1. The van der Waals surface area contributed by atoms with Crippen LogP contribution < -0.4 is 5.56 Å².